The van der Waals surface area contributed by atoms with Crippen molar-refractivity contribution in [2.24, 2.45) is 5.41 Å². The smallest absolute Gasteiger partial charge is 0.328 e. The molecule has 2 aliphatic rings. The lowest BCUT2D eigenvalue weighted by Crippen LogP contribution is -2.73. The summed E-state index contributed by atoms with van der Waals surface area (Å²) in [5, 5.41) is 17.1. The van der Waals surface area contributed by atoms with Crippen LogP contribution in [0.5, 0.6) is 0 Å². The zero-order chi connectivity index (χ0) is 17.9. The first kappa shape index (κ1) is 17.5. The van der Waals surface area contributed by atoms with Crippen LogP contribution in [-0.2, 0) is 16.0 Å². The summed E-state index contributed by atoms with van der Waals surface area (Å²) >= 11 is 0. The second-order valence-corrected chi connectivity index (χ2v) is 6.35. The molecule has 1 unspecified atom stereocenters. The molecule has 1 atom stereocenters. The number of hydrogen-bond acceptors (Lipinski definition) is 6. The van der Waals surface area contributed by atoms with E-state index in [2.05, 4.69) is 16.0 Å². The Morgan fingerprint density at radius 2 is 1.80 bits per heavy atom. The summed E-state index contributed by atoms with van der Waals surface area (Å²) in [5.74, 6) is -1.19. The first-order chi connectivity index (χ1) is 12.1. The molecule has 0 spiro atoms. The Bertz CT molecular complexity index is 642. The predicted octanol–water partition coefficient (Wildman–Crippen LogP) is -1.15. The number of nitrogens with zero attached hydrogens (tertiary/aromatic N) is 1. The van der Waals surface area contributed by atoms with Crippen molar-refractivity contribution in [3.8, 4) is 0 Å². The van der Waals surface area contributed by atoms with Gasteiger partial charge in [0.25, 0.3) is 0 Å². The van der Waals surface area contributed by atoms with E-state index >= 15 is 0 Å². The number of aliphatic hydroxyl groups is 1. The van der Waals surface area contributed by atoms with Gasteiger partial charge in [0.15, 0.2) is 0 Å². The largest absolute Gasteiger partial charge is 0.395 e. The molecule has 1 aromatic carbocycles. The van der Waals surface area contributed by atoms with E-state index in [1.54, 1.807) is 0 Å². The molecule has 2 fully saturated rings. The average molecular weight is 346 g/mol. The highest BCUT2D eigenvalue weighted by Crippen LogP contribution is 2.34. The van der Waals surface area contributed by atoms with E-state index in [0.717, 1.165) is 5.56 Å². The number of imide groups is 2. The number of nitrogens with one attached hydrogen (secondary N) is 3. The normalized spacial score (nSPS) is 23.9. The number of carbonyl (C=O) groups is 3. The minimum Gasteiger partial charge on any atom is -0.395 e. The molecule has 134 valence electrons. The van der Waals surface area contributed by atoms with Crippen LogP contribution in [0.2, 0.25) is 0 Å². The van der Waals surface area contributed by atoms with E-state index in [0.29, 0.717) is 26.2 Å². The van der Waals surface area contributed by atoms with Crippen LogP contribution >= 0.6 is 0 Å². The number of urea groups is 1. The maximum Gasteiger partial charge on any atom is 0.328 e. The van der Waals surface area contributed by atoms with Gasteiger partial charge in [-0.25, -0.2) is 4.79 Å². The summed E-state index contributed by atoms with van der Waals surface area (Å²) in [6.07, 6.45) is 0.174. The van der Waals surface area contributed by atoms with E-state index in [1.165, 1.54) is 0 Å². The molecule has 0 radical (unpaired) electrons. The molecule has 8 heteroatoms. The van der Waals surface area contributed by atoms with Crippen molar-refractivity contribution >= 4 is 17.8 Å². The maximum absolute atomic E-state index is 12.9. The Kier molecular flexibility index (Phi) is 5.12. The topological polar surface area (TPSA) is 111 Å². The van der Waals surface area contributed by atoms with Crippen LogP contribution in [0.3, 0.4) is 0 Å². The van der Waals surface area contributed by atoms with Gasteiger partial charge in [0.2, 0.25) is 11.8 Å². The van der Waals surface area contributed by atoms with Crippen molar-refractivity contribution in [3.63, 3.8) is 0 Å². The molecule has 4 amide bonds. The maximum atomic E-state index is 12.9. The summed E-state index contributed by atoms with van der Waals surface area (Å²) < 4.78 is 0. The van der Waals surface area contributed by atoms with Gasteiger partial charge in [-0.3, -0.25) is 25.1 Å². The number of benzene rings is 1. The summed E-state index contributed by atoms with van der Waals surface area (Å²) in [4.78, 5) is 39.3. The molecule has 1 aromatic rings. The Morgan fingerprint density at radius 1 is 1.12 bits per heavy atom. The number of piperazine rings is 1. The van der Waals surface area contributed by atoms with Crippen LogP contribution < -0.4 is 16.0 Å². The van der Waals surface area contributed by atoms with Gasteiger partial charge in [-0.2, -0.15) is 0 Å². The van der Waals surface area contributed by atoms with Crippen molar-refractivity contribution in [1.82, 2.24) is 20.9 Å². The molecular formula is C17H22N4O4. The molecule has 2 saturated heterocycles. The van der Waals surface area contributed by atoms with Gasteiger partial charge in [0, 0.05) is 32.2 Å². The van der Waals surface area contributed by atoms with Crippen molar-refractivity contribution in [1.29, 1.82) is 0 Å². The van der Waals surface area contributed by atoms with Crippen LogP contribution in [0, 0.1) is 5.41 Å². The Morgan fingerprint density at radius 3 is 2.44 bits per heavy atom. The summed E-state index contributed by atoms with van der Waals surface area (Å²) in [7, 11) is 0. The Labute approximate surface area is 145 Å². The second kappa shape index (κ2) is 7.30. The van der Waals surface area contributed by atoms with Gasteiger partial charge >= 0.3 is 6.03 Å². The van der Waals surface area contributed by atoms with Gasteiger partial charge < -0.3 is 10.4 Å². The fourth-order valence-electron chi connectivity index (χ4n) is 3.69. The third-order valence-electron chi connectivity index (χ3n) is 4.90. The van der Waals surface area contributed by atoms with E-state index < -0.39 is 29.3 Å². The number of rotatable bonds is 5. The third kappa shape index (κ3) is 3.28. The van der Waals surface area contributed by atoms with E-state index in [1.807, 2.05) is 35.2 Å². The number of carbonyl (C=O) groups excluding carboxylic acids is 3. The number of barbiturate groups is 1. The fraction of sp³-hybridized carbons (Fsp3) is 0.471. The summed E-state index contributed by atoms with van der Waals surface area (Å²) in [6, 6.07) is 7.99. The molecule has 0 bridgehead atoms. The zero-order valence-corrected chi connectivity index (χ0v) is 13.8. The molecule has 25 heavy (non-hydrogen) atoms. The van der Waals surface area contributed by atoms with Crippen molar-refractivity contribution in [2.75, 3.05) is 32.8 Å². The van der Waals surface area contributed by atoms with Gasteiger partial charge in [-0.1, -0.05) is 30.3 Å². The molecule has 0 aromatic heterocycles. The highest BCUT2D eigenvalue weighted by Gasteiger charge is 2.57. The number of aliphatic hydroxyl groups excluding tert-OH is 1. The summed E-state index contributed by atoms with van der Waals surface area (Å²) in [6.45, 7) is 2.02. The van der Waals surface area contributed by atoms with E-state index in [9.17, 15) is 19.5 Å². The molecule has 3 rings (SSSR count). The Balaban J connectivity index is 2.03. The SMILES string of the molecule is O=C1NC(=O)C(Cc2ccccc2)(C2CNCCN2CCO)C(=O)N1. The fourth-order valence-corrected chi connectivity index (χ4v) is 3.69. The molecule has 4 N–H and O–H groups in total. The highest BCUT2D eigenvalue weighted by molar-refractivity contribution is 6.19. The van der Waals surface area contributed by atoms with Crippen LogP contribution in [0.15, 0.2) is 30.3 Å². The van der Waals surface area contributed by atoms with Crippen LogP contribution in [-0.4, -0.2) is 66.7 Å². The monoisotopic (exact) mass is 346 g/mol. The number of β-amino-alcohol motifs (C(OH)–C–C–N with tert-alkyl or cyclic N) is 1. The van der Waals surface area contributed by atoms with Gasteiger partial charge in [-0.05, 0) is 12.0 Å². The van der Waals surface area contributed by atoms with Crippen molar-refractivity contribution in [2.45, 2.75) is 12.5 Å². The lowest BCUT2D eigenvalue weighted by molar-refractivity contribution is -0.150. The minimum atomic E-state index is -1.45. The molecular weight excluding hydrogens is 324 g/mol. The molecule has 8 nitrogen and oxygen atoms in total. The zero-order valence-electron chi connectivity index (χ0n) is 13.8. The Hall–Kier alpha value is -2.29. The van der Waals surface area contributed by atoms with Crippen LogP contribution in [0.1, 0.15) is 5.56 Å². The van der Waals surface area contributed by atoms with E-state index in [4.69, 9.17) is 0 Å². The van der Waals surface area contributed by atoms with Crippen LogP contribution in [0.25, 0.3) is 0 Å². The van der Waals surface area contributed by atoms with Gasteiger partial charge in [0.05, 0.1) is 6.61 Å². The highest BCUT2D eigenvalue weighted by atomic mass is 16.3. The standard InChI is InChI=1S/C17H22N4O4/c22-9-8-21-7-6-18-11-13(21)17(10-12-4-2-1-3-5-12)14(23)19-16(25)20-15(17)24/h1-5,13,18,22H,6-11H2,(H2,19,20,23,24,25). The molecule has 2 heterocycles. The minimum absolute atomic E-state index is 0.0694. The lowest BCUT2D eigenvalue weighted by Gasteiger charge is -2.47. The first-order valence-corrected chi connectivity index (χ1v) is 8.34. The third-order valence-corrected chi connectivity index (χ3v) is 4.90. The quantitative estimate of drug-likeness (QED) is 0.501. The van der Waals surface area contributed by atoms with E-state index in [-0.39, 0.29) is 13.0 Å². The first-order valence-electron chi connectivity index (χ1n) is 8.34. The predicted molar refractivity (Wildman–Crippen MR) is 89.6 cm³/mol. The number of hydrogen-bond donors (Lipinski definition) is 4. The van der Waals surface area contributed by atoms with Crippen molar-refractivity contribution < 1.29 is 19.5 Å². The molecule has 0 aliphatic carbocycles. The molecule has 0 saturated carbocycles. The second-order valence-electron chi connectivity index (χ2n) is 6.35. The van der Waals surface area contributed by atoms with Crippen molar-refractivity contribution in [3.05, 3.63) is 35.9 Å². The van der Waals surface area contributed by atoms with Gasteiger partial charge in [-0.15, -0.1) is 0 Å². The van der Waals surface area contributed by atoms with Gasteiger partial charge in [0.1, 0.15) is 5.41 Å². The lowest BCUT2D eigenvalue weighted by atomic mass is 9.71. The van der Waals surface area contributed by atoms with Crippen LogP contribution in [0.4, 0.5) is 4.79 Å². The average Bonchev–Trinajstić information content (AvgIpc) is 2.60. The number of amides is 4. The summed E-state index contributed by atoms with van der Waals surface area (Å²) in [5.41, 5.74) is -0.616. The molecule has 2 aliphatic heterocycles.